The lowest BCUT2D eigenvalue weighted by Crippen LogP contribution is -2.58. The summed E-state index contributed by atoms with van der Waals surface area (Å²) in [7, 11) is 1.63. The maximum atomic E-state index is 12.1. The van der Waals surface area contributed by atoms with Crippen molar-refractivity contribution in [3.8, 4) is 0 Å². The van der Waals surface area contributed by atoms with Crippen LogP contribution in [0.25, 0.3) is 0 Å². The molecule has 1 atom stereocenters. The van der Waals surface area contributed by atoms with E-state index in [2.05, 4.69) is 23.2 Å². The number of carbonyl (C=O) groups excluding carboxylic acids is 1. The number of amidine groups is 1. The Kier molecular flexibility index (Phi) is 3.22. The van der Waals surface area contributed by atoms with Crippen molar-refractivity contribution in [1.82, 2.24) is 4.90 Å². The van der Waals surface area contributed by atoms with Crippen LogP contribution in [0.15, 0.2) is 29.3 Å². The minimum Gasteiger partial charge on any atom is -0.385 e. The zero-order valence-corrected chi connectivity index (χ0v) is 11.6. The molecule has 0 saturated carbocycles. The number of hydrogen-bond acceptors (Lipinski definition) is 3. The number of nitrogens with two attached hydrogens (primary N) is 1. The number of aryl methyl sites for hydroxylation is 1. The van der Waals surface area contributed by atoms with Gasteiger partial charge in [-0.2, -0.15) is 4.99 Å². The van der Waals surface area contributed by atoms with E-state index >= 15 is 0 Å². The summed E-state index contributed by atoms with van der Waals surface area (Å²) in [5, 5.41) is 0. The number of fused-ring (bicyclic) bond motifs is 1. The summed E-state index contributed by atoms with van der Waals surface area (Å²) in [6.45, 7) is 1.03. The van der Waals surface area contributed by atoms with Gasteiger partial charge in [-0.05, 0) is 24.0 Å². The number of benzene rings is 1. The molecule has 1 heterocycles. The molecule has 106 valence electrons. The monoisotopic (exact) mass is 273 g/mol. The number of nitrogens with zero attached hydrogens (tertiary/aromatic N) is 2. The minimum atomic E-state index is -0.454. The molecule has 2 amide bonds. The SMILES string of the molecule is COCCN1C(=O)N=C(N)C12CCc1ccccc1C2. The largest absolute Gasteiger partial charge is 0.385 e. The van der Waals surface area contributed by atoms with Gasteiger partial charge in [-0.25, -0.2) is 4.79 Å². The maximum Gasteiger partial charge on any atom is 0.346 e. The number of amides is 2. The van der Waals surface area contributed by atoms with Crippen LogP contribution in [0, 0.1) is 0 Å². The summed E-state index contributed by atoms with van der Waals surface area (Å²) < 4.78 is 5.11. The van der Waals surface area contributed by atoms with Crippen LogP contribution in [-0.4, -0.2) is 42.6 Å². The van der Waals surface area contributed by atoms with Gasteiger partial charge in [0, 0.05) is 20.1 Å². The molecule has 5 nitrogen and oxygen atoms in total. The van der Waals surface area contributed by atoms with Crippen LogP contribution in [0.3, 0.4) is 0 Å². The lowest BCUT2D eigenvalue weighted by Gasteiger charge is -2.41. The lowest BCUT2D eigenvalue weighted by atomic mass is 9.76. The molecule has 1 unspecified atom stereocenters. The summed E-state index contributed by atoms with van der Waals surface area (Å²) in [5.74, 6) is 0.452. The van der Waals surface area contributed by atoms with Gasteiger partial charge in [-0.1, -0.05) is 24.3 Å². The minimum absolute atomic E-state index is 0.237. The molecule has 5 heteroatoms. The molecule has 20 heavy (non-hydrogen) atoms. The third-order valence-electron chi connectivity index (χ3n) is 4.37. The molecular weight excluding hydrogens is 254 g/mol. The van der Waals surface area contributed by atoms with Crippen LogP contribution in [0.2, 0.25) is 0 Å². The van der Waals surface area contributed by atoms with Crippen LogP contribution >= 0.6 is 0 Å². The van der Waals surface area contributed by atoms with Crippen molar-refractivity contribution >= 4 is 11.9 Å². The molecule has 0 aromatic heterocycles. The molecule has 1 aliphatic carbocycles. The Bertz CT molecular complexity index is 570. The van der Waals surface area contributed by atoms with Crippen LogP contribution in [0.5, 0.6) is 0 Å². The van der Waals surface area contributed by atoms with Gasteiger partial charge in [0.1, 0.15) is 11.4 Å². The summed E-state index contributed by atoms with van der Waals surface area (Å²) in [4.78, 5) is 17.9. The molecule has 2 N–H and O–H groups in total. The highest BCUT2D eigenvalue weighted by Crippen LogP contribution is 2.36. The third-order valence-corrected chi connectivity index (χ3v) is 4.37. The zero-order valence-electron chi connectivity index (χ0n) is 11.6. The zero-order chi connectivity index (χ0) is 14.2. The number of hydrogen-bond donors (Lipinski definition) is 1. The van der Waals surface area contributed by atoms with E-state index < -0.39 is 5.54 Å². The van der Waals surface area contributed by atoms with Crippen LogP contribution in [-0.2, 0) is 17.6 Å². The van der Waals surface area contributed by atoms with Crippen molar-refractivity contribution < 1.29 is 9.53 Å². The van der Waals surface area contributed by atoms with Crippen molar-refractivity contribution in [3.63, 3.8) is 0 Å². The van der Waals surface area contributed by atoms with Crippen molar-refractivity contribution in [1.29, 1.82) is 0 Å². The number of ether oxygens (including phenoxy) is 1. The Morgan fingerprint density at radius 1 is 1.40 bits per heavy atom. The van der Waals surface area contributed by atoms with Crippen LogP contribution in [0.1, 0.15) is 17.5 Å². The predicted octanol–water partition coefficient (Wildman–Crippen LogP) is 1.35. The first-order chi connectivity index (χ1) is 9.67. The molecule has 1 aromatic carbocycles. The highest BCUT2D eigenvalue weighted by molar-refractivity contribution is 6.06. The fourth-order valence-electron chi connectivity index (χ4n) is 3.25. The topological polar surface area (TPSA) is 67.9 Å². The van der Waals surface area contributed by atoms with Gasteiger partial charge in [-0.15, -0.1) is 0 Å². The van der Waals surface area contributed by atoms with Gasteiger partial charge in [0.2, 0.25) is 0 Å². The number of methoxy groups -OCH3 is 1. The summed E-state index contributed by atoms with van der Waals surface area (Å²) in [6, 6.07) is 8.10. The summed E-state index contributed by atoms with van der Waals surface area (Å²) in [5.41, 5.74) is 8.25. The summed E-state index contributed by atoms with van der Waals surface area (Å²) in [6.07, 6.45) is 2.49. The quantitative estimate of drug-likeness (QED) is 0.904. The van der Waals surface area contributed by atoms with Crippen LogP contribution in [0.4, 0.5) is 4.79 Å². The van der Waals surface area contributed by atoms with Gasteiger partial charge in [0.25, 0.3) is 0 Å². The second kappa shape index (κ2) is 4.90. The predicted molar refractivity (Wildman–Crippen MR) is 76.8 cm³/mol. The van der Waals surface area contributed by atoms with E-state index in [0.717, 1.165) is 19.3 Å². The van der Waals surface area contributed by atoms with Gasteiger partial charge in [0.05, 0.1) is 6.61 Å². The van der Waals surface area contributed by atoms with E-state index in [1.807, 2.05) is 6.07 Å². The molecule has 0 fully saturated rings. The van der Waals surface area contributed by atoms with Gasteiger partial charge >= 0.3 is 6.03 Å². The summed E-state index contributed by atoms with van der Waals surface area (Å²) >= 11 is 0. The molecule has 2 aliphatic rings. The van der Waals surface area contributed by atoms with Crippen molar-refractivity contribution in [2.75, 3.05) is 20.3 Å². The second-order valence-electron chi connectivity index (χ2n) is 5.40. The number of aliphatic imine (C=N–C) groups is 1. The molecule has 3 rings (SSSR count). The molecule has 0 bridgehead atoms. The maximum absolute atomic E-state index is 12.1. The Labute approximate surface area is 118 Å². The van der Waals surface area contributed by atoms with Crippen molar-refractivity contribution in [2.24, 2.45) is 10.7 Å². The normalized spacial score (nSPS) is 24.9. The Morgan fingerprint density at radius 2 is 2.15 bits per heavy atom. The van der Waals surface area contributed by atoms with Gasteiger partial charge in [-0.3, -0.25) is 0 Å². The van der Waals surface area contributed by atoms with E-state index in [4.69, 9.17) is 10.5 Å². The third kappa shape index (κ3) is 1.89. The fraction of sp³-hybridized carbons (Fsp3) is 0.467. The Morgan fingerprint density at radius 3 is 2.90 bits per heavy atom. The van der Waals surface area contributed by atoms with Crippen molar-refractivity contribution in [3.05, 3.63) is 35.4 Å². The van der Waals surface area contributed by atoms with E-state index in [1.165, 1.54) is 11.1 Å². The smallest absolute Gasteiger partial charge is 0.346 e. The average Bonchev–Trinajstić information content (AvgIpc) is 2.68. The highest BCUT2D eigenvalue weighted by Gasteiger charge is 2.49. The first kappa shape index (κ1) is 13.1. The molecule has 0 saturated heterocycles. The molecular formula is C15H19N3O2. The Hall–Kier alpha value is -1.88. The number of carbonyl (C=O) groups is 1. The average molecular weight is 273 g/mol. The number of rotatable bonds is 3. The number of urea groups is 1. The first-order valence-electron chi connectivity index (χ1n) is 6.89. The standard InChI is InChI=1S/C15H19N3O2/c1-20-9-8-18-14(19)17-13(16)15(18)7-6-11-4-2-3-5-12(11)10-15/h2-5H,6-10H2,1H3,(H2,16,17,19). The van der Waals surface area contributed by atoms with Crippen LogP contribution < -0.4 is 5.73 Å². The molecule has 1 spiro atoms. The lowest BCUT2D eigenvalue weighted by molar-refractivity contribution is 0.116. The van der Waals surface area contributed by atoms with Gasteiger partial charge < -0.3 is 15.4 Å². The van der Waals surface area contributed by atoms with E-state index in [-0.39, 0.29) is 6.03 Å². The highest BCUT2D eigenvalue weighted by atomic mass is 16.5. The van der Waals surface area contributed by atoms with E-state index in [9.17, 15) is 4.79 Å². The molecule has 1 aliphatic heterocycles. The Balaban J connectivity index is 1.94. The van der Waals surface area contributed by atoms with E-state index in [0.29, 0.717) is 19.0 Å². The first-order valence-corrected chi connectivity index (χ1v) is 6.89. The van der Waals surface area contributed by atoms with Crippen molar-refractivity contribution in [2.45, 2.75) is 24.8 Å². The second-order valence-corrected chi connectivity index (χ2v) is 5.40. The molecule has 1 aromatic rings. The fourth-order valence-corrected chi connectivity index (χ4v) is 3.25. The van der Waals surface area contributed by atoms with E-state index in [1.54, 1.807) is 12.0 Å². The van der Waals surface area contributed by atoms with Gasteiger partial charge in [0.15, 0.2) is 0 Å². The molecule has 0 radical (unpaired) electrons.